The maximum Gasteiger partial charge on any atom is 0.191 e. The highest BCUT2D eigenvalue weighted by molar-refractivity contribution is 14.0. The number of fused-ring (bicyclic) bond motifs is 2. The van der Waals surface area contributed by atoms with Crippen LogP contribution in [0, 0.1) is 0 Å². The van der Waals surface area contributed by atoms with Gasteiger partial charge in [0.05, 0.1) is 24.6 Å². The molecule has 0 saturated carbocycles. The van der Waals surface area contributed by atoms with E-state index in [-0.39, 0.29) is 24.0 Å². The molecule has 3 rings (SSSR count). The Morgan fingerprint density at radius 3 is 3.00 bits per heavy atom. The van der Waals surface area contributed by atoms with Crippen molar-refractivity contribution in [3.8, 4) is 0 Å². The minimum atomic E-state index is 0. The number of nitrogens with zero attached hydrogens (tertiary/aromatic N) is 3. The lowest BCUT2D eigenvalue weighted by atomic mass is 9.96. The molecule has 7 heteroatoms. The van der Waals surface area contributed by atoms with Gasteiger partial charge in [0.25, 0.3) is 0 Å². The summed E-state index contributed by atoms with van der Waals surface area (Å²) in [5.74, 6) is 0.921. The van der Waals surface area contributed by atoms with Gasteiger partial charge in [-0.25, -0.2) is 4.98 Å². The van der Waals surface area contributed by atoms with Gasteiger partial charge in [-0.05, 0) is 32.6 Å². The van der Waals surface area contributed by atoms with Gasteiger partial charge in [-0.1, -0.05) is 0 Å². The third-order valence-corrected chi connectivity index (χ3v) is 4.18. The van der Waals surface area contributed by atoms with Crippen molar-refractivity contribution in [3.63, 3.8) is 0 Å². The van der Waals surface area contributed by atoms with E-state index in [4.69, 9.17) is 4.74 Å². The molecule has 0 radical (unpaired) electrons. The average Bonchev–Trinajstić information content (AvgIpc) is 3.21. The molecule has 1 aromatic rings. The van der Waals surface area contributed by atoms with Crippen LogP contribution in [0.3, 0.4) is 0 Å². The summed E-state index contributed by atoms with van der Waals surface area (Å²) in [6.07, 6.45) is 11.0. The standard InChI is InChI=1S/C15H25N5O.HI/c1-2-17-15(18-6-3-8-20-9-7-16-11-20)19-13-10-12-4-5-14(13)21-12;/h7,9,11-14H,2-6,8,10H2,1H3,(H2,17,18,19);1H. The predicted molar refractivity (Wildman–Crippen MR) is 97.7 cm³/mol. The molecule has 22 heavy (non-hydrogen) atoms. The molecular formula is C15H26IN5O. The Morgan fingerprint density at radius 2 is 2.36 bits per heavy atom. The van der Waals surface area contributed by atoms with Crippen molar-refractivity contribution in [1.82, 2.24) is 20.2 Å². The molecule has 0 amide bonds. The zero-order valence-corrected chi connectivity index (χ0v) is 15.4. The minimum absolute atomic E-state index is 0. The molecule has 2 aliphatic heterocycles. The Morgan fingerprint density at radius 1 is 1.45 bits per heavy atom. The van der Waals surface area contributed by atoms with Crippen LogP contribution < -0.4 is 10.6 Å². The smallest absolute Gasteiger partial charge is 0.191 e. The molecule has 0 aromatic carbocycles. The fourth-order valence-corrected chi connectivity index (χ4v) is 3.15. The van der Waals surface area contributed by atoms with E-state index in [9.17, 15) is 0 Å². The zero-order chi connectivity index (χ0) is 14.5. The molecule has 3 atom stereocenters. The Balaban J connectivity index is 0.00000176. The summed E-state index contributed by atoms with van der Waals surface area (Å²) in [5.41, 5.74) is 0. The monoisotopic (exact) mass is 419 g/mol. The number of nitrogens with one attached hydrogen (secondary N) is 2. The van der Waals surface area contributed by atoms with E-state index in [2.05, 4.69) is 32.1 Å². The summed E-state index contributed by atoms with van der Waals surface area (Å²) in [6.45, 7) is 4.75. The Kier molecular flexibility index (Phi) is 6.94. The third kappa shape index (κ3) is 4.58. The third-order valence-electron chi connectivity index (χ3n) is 4.18. The van der Waals surface area contributed by atoms with Crippen LogP contribution in [-0.4, -0.2) is 46.8 Å². The first-order chi connectivity index (χ1) is 10.3. The first-order valence-corrected chi connectivity index (χ1v) is 8.01. The van der Waals surface area contributed by atoms with E-state index >= 15 is 0 Å². The van der Waals surface area contributed by atoms with Gasteiger partial charge in [-0.3, -0.25) is 4.99 Å². The Labute approximate surface area is 149 Å². The van der Waals surface area contributed by atoms with Gasteiger partial charge in [0.15, 0.2) is 5.96 Å². The van der Waals surface area contributed by atoms with Gasteiger partial charge < -0.3 is 19.9 Å². The quantitative estimate of drug-likeness (QED) is 0.319. The van der Waals surface area contributed by atoms with Crippen LogP contribution in [0.1, 0.15) is 32.6 Å². The number of aliphatic imine (C=N–C) groups is 1. The second-order valence-corrected chi connectivity index (χ2v) is 5.78. The summed E-state index contributed by atoms with van der Waals surface area (Å²) in [6, 6.07) is 0.426. The molecule has 2 N–H and O–H groups in total. The number of imidazole rings is 1. The van der Waals surface area contributed by atoms with Crippen LogP contribution >= 0.6 is 24.0 Å². The first kappa shape index (κ1) is 17.5. The van der Waals surface area contributed by atoms with Crippen LogP contribution in [-0.2, 0) is 11.3 Å². The van der Waals surface area contributed by atoms with Gasteiger partial charge >= 0.3 is 0 Å². The number of hydrogen-bond acceptors (Lipinski definition) is 3. The van der Waals surface area contributed by atoms with Gasteiger partial charge in [0.1, 0.15) is 0 Å². The summed E-state index contributed by atoms with van der Waals surface area (Å²) < 4.78 is 7.97. The summed E-state index contributed by atoms with van der Waals surface area (Å²) in [5, 5.41) is 6.86. The highest BCUT2D eigenvalue weighted by Gasteiger charge is 2.41. The molecular weight excluding hydrogens is 393 g/mol. The second kappa shape index (κ2) is 8.71. The van der Waals surface area contributed by atoms with E-state index in [1.54, 1.807) is 0 Å². The molecule has 3 heterocycles. The number of halogens is 1. The fourth-order valence-electron chi connectivity index (χ4n) is 3.15. The molecule has 3 unspecified atom stereocenters. The highest BCUT2D eigenvalue weighted by atomic mass is 127. The van der Waals surface area contributed by atoms with Gasteiger partial charge in [-0.2, -0.15) is 0 Å². The second-order valence-electron chi connectivity index (χ2n) is 5.78. The summed E-state index contributed by atoms with van der Waals surface area (Å²) in [4.78, 5) is 8.71. The van der Waals surface area contributed by atoms with Crippen molar-refractivity contribution >= 4 is 29.9 Å². The van der Waals surface area contributed by atoms with Gasteiger partial charge in [0, 0.05) is 32.0 Å². The zero-order valence-electron chi connectivity index (χ0n) is 13.1. The first-order valence-electron chi connectivity index (χ1n) is 8.01. The molecule has 0 spiro atoms. The number of aromatic nitrogens is 2. The molecule has 0 aliphatic carbocycles. The van der Waals surface area contributed by atoms with Crippen molar-refractivity contribution < 1.29 is 4.74 Å². The highest BCUT2D eigenvalue weighted by Crippen LogP contribution is 2.34. The maximum absolute atomic E-state index is 5.88. The topological polar surface area (TPSA) is 63.5 Å². The number of rotatable bonds is 6. The normalized spacial score (nSPS) is 26.8. The largest absolute Gasteiger partial charge is 0.373 e. The Bertz CT molecular complexity index is 465. The molecule has 124 valence electrons. The number of guanidine groups is 1. The molecule has 2 bridgehead atoms. The van der Waals surface area contributed by atoms with Crippen molar-refractivity contribution in [1.29, 1.82) is 0 Å². The molecule has 2 aliphatic rings. The van der Waals surface area contributed by atoms with E-state index in [1.165, 1.54) is 12.8 Å². The average molecular weight is 419 g/mol. The molecule has 6 nitrogen and oxygen atoms in total. The lowest BCUT2D eigenvalue weighted by Crippen LogP contribution is -2.47. The van der Waals surface area contributed by atoms with E-state index in [0.717, 1.165) is 38.4 Å². The number of ether oxygens (including phenoxy) is 1. The maximum atomic E-state index is 5.88. The minimum Gasteiger partial charge on any atom is -0.373 e. The van der Waals surface area contributed by atoms with Crippen molar-refractivity contribution in [2.45, 2.75) is 57.4 Å². The lowest BCUT2D eigenvalue weighted by Gasteiger charge is -2.22. The van der Waals surface area contributed by atoms with Crippen LogP contribution in [0.25, 0.3) is 0 Å². The van der Waals surface area contributed by atoms with Crippen LogP contribution in [0.5, 0.6) is 0 Å². The fraction of sp³-hybridized carbons (Fsp3) is 0.733. The SMILES string of the molecule is CCNC(=NCCCn1ccnc1)NC1CC2CCC1O2.I. The van der Waals surface area contributed by atoms with E-state index in [0.29, 0.717) is 18.2 Å². The van der Waals surface area contributed by atoms with Crippen LogP contribution in [0.2, 0.25) is 0 Å². The predicted octanol–water partition coefficient (Wildman–Crippen LogP) is 1.77. The lowest BCUT2D eigenvalue weighted by molar-refractivity contribution is 0.0992. The number of hydrogen-bond donors (Lipinski definition) is 2. The van der Waals surface area contributed by atoms with E-state index in [1.807, 2.05) is 18.7 Å². The molecule has 2 saturated heterocycles. The van der Waals surface area contributed by atoms with Crippen LogP contribution in [0.4, 0.5) is 0 Å². The molecule has 2 fully saturated rings. The van der Waals surface area contributed by atoms with Crippen LogP contribution in [0.15, 0.2) is 23.7 Å². The summed E-state index contributed by atoms with van der Waals surface area (Å²) >= 11 is 0. The number of aryl methyl sites for hydroxylation is 1. The molecule has 1 aromatic heterocycles. The summed E-state index contributed by atoms with van der Waals surface area (Å²) in [7, 11) is 0. The Hall–Kier alpha value is -0.830. The van der Waals surface area contributed by atoms with Crippen molar-refractivity contribution in [2.75, 3.05) is 13.1 Å². The van der Waals surface area contributed by atoms with Gasteiger partial charge in [0.2, 0.25) is 0 Å². The van der Waals surface area contributed by atoms with Gasteiger partial charge in [-0.15, -0.1) is 24.0 Å². The van der Waals surface area contributed by atoms with Crippen molar-refractivity contribution in [2.24, 2.45) is 4.99 Å². The van der Waals surface area contributed by atoms with E-state index < -0.39 is 0 Å². The van der Waals surface area contributed by atoms with Crippen molar-refractivity contribution in [3.05, 3.63) is 18.7 Å².